The van der Waals surface area contributed by atoms with Gasteiger partial charge in [0.15, 0.2) is 17.8 Å². The number of hydrogen-bond acceptors (Lipinski definition) is 7. The minimum absolute atomic E-state index is 0.0628. The van der Waals surface area contributed by atoms with Crippen LogP contribution in [-0.2, 0) is 6.42 Å². The fourth-order valence-electron chi connectivity index (χ4n) is 3.72. The Balaban J connectivity index is 1.80. The molecule has 0 saturated carbocycles. The molecule has 0 amide bonds. The van der Waals surface area contributed by atoms with E-state index in [2.05, 4.69) is 0 Å². The molecule has 0 spiro atoms. The predicted molar refractivity (Wildman–Crippen MR) is 90.6 cm³/mol. The van der Waals surface area contributed by atoms with E-state index in [-0.39, 0.29) is 29.6 Å². The highest BCUT2D eigenvalue weighted by molar-refractivity contribution is 5.60. The molecule has 5 N–H and O–H groups in total. The molecule has 0 unspecified atom stereocenters. The van der Waals surface area contributed by atoms with Crippen LogP contribution in [0.25, 0.3) is 0 Å². The van der Waals surface area contributed by atoms with Crippen LogP contribution in [0.4, 0.5) is 0 Å². The second kappa shape index (κ2) is 5.96. The van der Waals surface area contributed by atoms with E-state index >= 15 is 0 Å². The third-order valence-electron chi connectivity index (χ3n) is 5.01. The number of rotatable bonds is 1. The fourth-order valence-corrected chi connectivity index (χ4v) is 3.72. The molecule has 0 radical (unpaired) electrons. The van der Waals surface area contributed by atoms with Crippen LogP contribution in [0.1, 0.15) is 42.1 Å². The van der Waals surface area contributed by atoms with Gasteiger partial charge in [-0.2, -0.15) is 0 Å². The van der Waals surface area contributed by atoms with Crippen molar-refractivity contribution in [1.29, 1.82) is 0 Å². The maximum Gasteiger partial charge on any atom is 0.197 e. The summed E-state index contributed by atoms with van der Waals surface area (Å²) in [5.74, 6) is 0.101. The lowest BCUT2D eigenvalue weighted by Crippen LogP contribution is -2.32. The maximum absolute atomic E-state index is 10.5. The van der Waals surface area contributed by atoms with E-state index in [9.17, 15) is 25.5 Å². The Kier molecular flexibility index (Phi) is 3.86. The summed E-state index contributed by atoms with van der Waals surface area (Å²) in [7, 11) is 0. The zero-order valence-electron chi connectivity index (χ0n) is 14.1. The third kappa shape index (κ3) is 2.60. The number of hydrogen-bond donors (Lipinski definition) is 5. The SMILES string of the molecule is C[C@H]1C[C@H](O)Oc2cc(O)c3c(c21)O[C@H](c1ccc(O)c(O)c1)[C@H](O)C3. The highest BCUT2D eigenvalue weighted by Gasteiger charge is 2.38. The lowest BCUT2D eigenvalue weighted by Gasteiger charge is -2.36. The van der Waals surface area contributed by atoms with Crippen molar-refractivity contribution in [3.63, 3.8) is 0 Å². The van der Waals surface area contributed by atoms with Crippen molar-refractivity contribution in [1.82, 2.24) is 0 Å². The molecular formula is C19H20O7. The van der Waals surface area contributed by atoms with Crippen molar-refractivity contribution in [3.05, 3.63) is 41.0 Å². The van der Waals surface area contributed by atoms with E-state index in [0.29, 0.717) is 29.0 Å². The number of aromatic hydroxyl groups is 3. The van der Waals surface area contributed by atoms with Gasteiger partial charge in [0.25, 0.3) is 0 Å². The molecule has 4 rings (SSSR count). The Bertz CT molecular complexity index is 863. The molecule has 0 aromatic heterocycles. The number of ether oxygens (including phenoxy) is 2. The minimum Gasteiger partial charge on any atom is -0.507 e. The first-order valence-corrected chi connectivity index (χ1v) is 8.45. The van der Waals surface area contributed by atoms with Crippen LogP contribution in [0, 0.1) is 0 Å². The second-order valence-corrected chi connectivity index (χ2v) is 6.88. The van der Waals surface area contributed by atoms with Crippen LogP contribution in [0.2, 0.25) is 0 Å². The zero-order chi connectivity index (χ0) is 18.6. The Labute approximate surface area is 149 Å². The Morgan fingerprint density at radius 1 is 0.962 bits per heavy atom. The summed E-state index contributed by atoms with van der Waals surface area (Å²) >= 11 is 0. The molecule has 2 aliphatic rings. The van der Waals surface area contributed by atoms with Crippen molar-refractivity contribution in [2.24, 2.45) is 0 Å². The van der Waals surface area contributed by atoms with Gasteiger partial charge >= 0.3 is 0 Å². The molecular weight excluding hydrogens is 340 g/mol. The van der Waals surface area contributed by atoms with Crippen molar-refractivity contribution < 1.29 is 35.0 Å². The number of aliphatic hydroxyl groups is 2. The number of fused-ring (bicyclic) bond motifs is 3. The van der Waals surface area contributed by atoms with Gasteiger partial charge in [-0.25, -0.2) is 0 Å². The summed E-state index contributed by atoms with van der Waals surface area (Å²) in [6.45, 7) is 1.93. The first kappa shape index (κ1) is 16.8. The molecule has 2 aliphatic heterocycles. The monoisotopic (exact) mass is 360 g/mol. The van der Waals surface area contributed by atoms with Crippen LogP contribution in [0.3, 0.4) is 0 Å². The first-order chi connectivity index (χ1) is 12.3. The smallest absolute Gasteiger partial charge is 0.197 e. The molecule has 2 heterocycles. The number of benzene rings is 2. The lowest BCUT2D eigenvalue weighted by atomic mass is 9.86. The highest BCUT2D eigenvalue weighted by Crippen LogP contribution is 2.51. The largest absolute Gasteiger partial charge is 0.507 e. The summed E-state index contributed by atoms with van der Waals surface area (Å²) in [6, 6.07) is 5.67. The number of aliphatic hydroxyl groups excluding tert-OH is 2. The van der Waals surface area contributed by atoms with E-state index in [4.69, 9.17) is 9.47 Å². The van der Waals surface area contributed by atoms with Crippen LogP contribution < -0.4 is 9.47 Å². The molecule has 26 heavy (non-hydrogen) atoms. The summed E-state index contributed by atoms with van der Waals surface area (Å²) in [5, 5.41) is 49.9. The highest BCUT2D eigenvalue weighted by atomic mass is 16.6. The van der Waals surface area contributed by atoms with E-state index in [1.54, 1.807) is 6.07 Å². The van der Waals surface area contributed by atoms with Gasteiger partial charge in [0, 0.05) is 30.0 Å². The van der Waals surface area contributed by atoms with Crippen LogP contribution in [-0.4, -0.2) is 37.9 Å². The molecule has 7 heteroatoms. The van der Waals surface area contributed by atoms with Gasteiger partial charge in [-0.05, 0) is 23.6 Å². The Morgan fingerprint density at radius 3 is 2.46 bits per heavy atom. The summed E-state index contributed by atoms with van der Waals surface area (Å²) < 4.78 is 11.5. The lowest BCUT2D eigenvalue weighted by molar-refractivity contribution is -0.0399. The molecule has 0 saturated heterocycles. The third-order valence-corrected chi connectivity index (χ3v) is 5.01. The molecule has 2 aromatic carbocycles. The molecule has 138 valence electrons. The van der Waals surface area contributed by atoms with Gasteiger partial charge in [-0.15, -0.1) is 0 Å². The van der Waals surface area contributed by atoms with Crippen molar-refractivity contribution in [3.8, 4) is 28.7 Å². The molecule has 0 fully saturated rings. The zero-order valence-corrected chi connectivity index (χ0v) is 14.1. The average Bonchev–Trinajstić information content (AvgIpc) is 2.57. The predicted octanol–water partition coefficient (Wildman–Crippen LogP) is 2.04. The topological polar surface area (TPSA) is 120 Å². The molecule has 7 nitrogen and oxygen atoms in total. The molecule has 4 atom stereocenters. The first-order valence-electron chi connectivity index (χ1n) is 8.45. The van der Waals surface area contributed by atoms with Gasteiger partial charge in [0.1, 0.15) is 23.4 Å². The minimum atomic E-state index is -0.950. The van der Waals surface area contributed by atoms with Gasteiger partial charge in [-0.1, -0.05) is 13.0 Å². The average molecular weight is 360 g/mol. The van der Waals surface area contributed by atoms with Crippen LogP contribution in [0.15, 0.2) is 24.3 Å². The van der Waals surface area contributed by atoms with Crippen LogP contribution >= 0.6 is 0 Å². The Morgan fingerprint density at radius 2 is 1.73 bits per heavy atom. The summed E-state index contributed by atoms with van der Waals surface area (Å²) in [6.07, 6.45) is -2.12. The van der Waals surface area contributed by atoms with Crippen molar-refractivity contribution >= 4 is 0 Å². The number of phenols is 3. The van der Waals surface area contributed by atoms with Crippen LogP contribution in [0.5, 0.6) is 28.7 Å². The molecule has 0 aliphatic carbocycles. The second-order valence-electron chi connectivity index (χ2n) is 6.88. The summed E-state index contributed by atoms with van der Waals surface area (Å²) in [4.78, 5) is 0. The normalized spacial score (nSPS) is 27.0. The van der Waals surface area contributed by atoms with Gasteiger partial charge in [0.2, 0.25) is 0 Å². The van der Waals surface area contributed by atoms with E-state index in [1.165, 1.54) is 18.2 Å². The van der Waals surface area contributed by atoms with E-state index in [1.807, 2.05) is 6.92 Å². The number of phenolic OH excluding ortho intramolecular Hbond substituents is 3. The standard InChI is InChI=1S/C19H20O7/c1-8-4-16(24)25-15-7-12(21)10-6-14(23)18(26-19(10)17(8)15)9-2-3-11(20)13(22)5-9/h2-3,5,7-8,14,16,18,20-24H,4,6H2,1H3/t8-,14+,16+,18+/m0/s1. The summed E-state index contributed by atoms with van der Waals surface area (Å²) in [5.41, 5.74) is 1.73. The van der Waals surface area contributed by atoms with Gasteiger partial charge < -0.3 is 35.0 Å². The molecule has 2 aromatic rings. The van der Waals surface area contributed by atoms with Crippen molar-refractivity contribution in [2.75, 3.05) is 0 Å². The van der Waals surface area contributed by atoms with Crippen molar-refractivity contribution in [2.45, 2.75) is 44.2 Å². The fraction of sp³-hybridized carbons (Fsp3) is 0.368. The quantitative estimate of drug-likeness (QED) is 0.494. The maximum atomic E-state index is 10.5. The van der Waals surface area contributed by atoms with Gasteiger partial charge in [0.05, 0.1) is 6.10 Å². The molecule has 0 bridgehead atoms. The Hall–Kier alpha value is -2.64. The van der Waals surface area contributed by atoms with E-state index in [0.717, 1.165) is 5.56 Å². The van der Waals surface area contributed by atoms with Gasteiger partial charge in [-0.3, -0.25) is 0 Å². The van der Waals surface area contributed by atoms with E-state index < -0.39 is 18.5 Å².